The van der Waals surface area contributed by atoms with Crippen LogP contribution in [-0.2, 0) is 4.74 Å². The van der Waals surface area contributed by atoms with E-state index in [0.29, 0.717) is 17.2 Å². The Morgan fingerprint density at radius 2 is 2.00 bits per heavy atom. The average Bonchev–Trinajstić information content (AvgIpc) is 2.47. The first-order chi connectivity index (χ1) is 9.94. The largest absolute Gasteiger partial charge is 0.496 e. The van der Waals surface area contributed by atoms with Gasteiger partial charge in [0.05, 0.1) is 7.11 Å². The zero-order valence-electron chi connectivity index (χ0n) is 12.7. The number of hydrogen-bond donors (Lipinski definition) is 1. The van der Waals surface area contributed by atoms with Crippen LogP contribution in [0.4, 0.5) is 0 Å². The zero-order chi connectivity index (χ0) is 15.5. The fraction of sp³-hybridized carbons (Fsp3) is 0.562. The summed E-state index contributed by atoms with van der Waals surface area (Å²) in [6, 6.07) is 5.34. The molecule has 5 heteroatoms. The van der Waals surface area contributed by atoms with E-state index in [2.05, 4.69) is 21.2 Å². The summed E-state index contributed by atoms with van der Waals surface area (Å²) in [5.41, 5.74) is -0.0270. The molecule has 1 aliphatic heterocycles. The van der Waals surface area contributed by atoms with Gasteiger partial charge in [0.15, 0.2) is 0 Å². The molecule has 0 aromatic heterocycles. The van der Waals surface area contributed by atoms with Gasteiger partial charge < -0.3 is 14.8 Å². The number of halogens is 1. The van der Waals surface area contributed by atoms with Crippen molar-refractivity contribution >= 4 is 21.9 Å². The monoisotopic (exact) mass is 355 g/mol. The molecule has 0 radical (unpaired) electrons. The first kappa shape index (κ1) is 16.3. The molecule has 2 rings (SSSR count). The third-order valence-corrected chi connectivity index (χ3v) is 4.55. The number of methoxy groups -OCH3 is 1. The van der Waals surface area contributed by atoms with E-state index in [-0.39, 0.29) is 5.97 Å². The number of carbonyl (C=O) groups is 1. The third kappa shape index (κ3) is 3.98. The van der Waals surface area contributed by atoms with Crippen LogP contribution < -0.4 is 10.1 Å². The number of hydrogen-bond acceptors (Lipinski definition) is 4. The molecule has 1 N–H and O–H groups in total. The van der Waals surface area contributed by atoms with Crippen LogP contribution in [0.25, 0.3) is 0 Å². The standard InChI is InChI=1S/C16H22BrNO3/c1-16(2,11-6-8-18-9-7-11)21-15(19)13-10-12(17)4-5-14(13)20-3/h4-5,10-11,18H,6-9H2,1-3H3. The van der Waals surface area contributed by atoms with Gasteiger partial charge in [-0.25, -0.2) is 4.79 Å². The van der Waals surface area contributed by atoms with Gasteiger partial charge in [0.1, 0.15) is 16.9 Å². The lowest BCUT2D eigenvalue weighted by Gasteiger charge is -2.36. The maximum atomic E-state index is 12.5. The number of benzene rings is 1. The molecule has 0 atom stereocenters. The summed E-state index contributed by atoms with van der Waals surface area (Å²) in [6.45, 7) is 5.94. The number of ether oxygens (including phenoxy) is 2. The van der Waals surface area contributed by atoms with Crippen LogP contribution in [0.1, 0.15) is 37.0 Å². The van der Waals surface area contributed by atoms with Crippen LogP contribution in [0, 0.1) is 5.92 Å². The smallest absolute Gasteiger partial charge is 0.342 e. The minimum Gasteiger partial charge on any atom is -0.496 e. The fourth-order valence-electron chi connectivity index (χ4n) is 2.73. The second-order valence-corrected chi connectivity index (χ2v) is 6.78. The fourth-order valence-corrected chi connectivity index (χ4v) is 3.10. The molecule has 21 heavy (non-hydrogen) atoms. The molecule has 0 amide bonds. The van der Waals surface area contributed by atoms with Gasteiger partial charge in [-0.2, -0.15) is 0 Å². The first-order valence-corrected chi connectivity index (χ1v) is 8.01. The number of rotatable bonds is 4. The Hall–Kier alpha value is -1.07. The van der Waals surface area contributed by atoms with Crippen LogP contribution >= 0.6 is 15.9 Å². The van der Waals surface area contributed by atoms with Crippen LogP contribution in [-0.4, -0.2) is 31.8 Å². The van der Waals surface area contributed by atoms with E-state index in [9.17, 15) is 4.79 Å². The van der Waals surface area contributed by atoms with Crippen molar-refractivity contribution in [2.24, 2.45) is 5.92 Å². The minimum absolute atomic E-state index is 0.336. The van der Waals surface area contributed by atoms with E-state index in [0.717, 1.165) is 30.4 Å². The molecule has 0 saturated carbocycles. The lowest BCUT2D eigenvalue weighted by Crippen LogP contribution is -2.42. The molecule has 1 fully saturated rings. The topological polar surface area (TPSA) is 47.6 Å². The predicted molar refractivity (Wildman–Crippen MR) is 85.8 cm³/mol. The predicted octanol–water partition coefficient (Wildman–Crippen LogP) is 3.39. The van der Waals surface area contributed by atoms with Gasteiger partial charge in [-0.1, -0.05) is 15.9 Å². The Kier molecular flexibility index (Phi) is 5.27. The normalized spacial score (nSPS) is 16.6. The average molecular weight is 356 g/mol. The van der Waals surface area contributed by atoms with E-state index in [4.69, 9.17) is 9.47 Å². The van der Waals surface area contributed by atoms with Crippen LogP contribution in [0.15, 0.2) is 22.7 Å². The molecule has 1 aliphatic rings. The van der Waals surface area contributed by atoms with Gasteiger partial charge in [0.2, 0.25) is 0 Å². The van der Waals surface area contributed by atoms with Crippen molar-refractivity contribution in [1.29, 1.82) is 0 Å². The van der Waals surface area contributed by atoms with Crippen molar-refractivity contribution in [2.75, 3.05) is 20.2 Å². The molecular formula is C16H22BrNO3. The quantitative estimate of drug-likeness (QED) is 0.841. The Morgan fingerprint density at radius 3 is 2.62 bits per heavy atom. The van der Waals surface area contributed by atoms with E-state index in [1.54, 1.807) is 19.2 Å². The molecule has 1 aromatic carbocycles. The van der Waals surface area contributed by atoms with Crippen molar-refractivity contribution in [2.45, 2.75) is 32.3 Å². The van der Waals surface area contributed by atoms with Crippen molar-refractivity contribution in [3.63, 3.8) is 0 Å². The lowest BCUT2D eigenvalue weighted by molar-refractivity contribution is -0.0370. The van der Waals surface area contributed by atoms with Gasteiger partial charge in [0.25, 0.3) is 0 Å². The maximum absolute atomic E-state index is 12.5. The Morgan fingerprint density at radius 1 is 1.33 bits per heavy atom. The molecule has 0 bridgehead atoms. The van der Waals surface area contributed by atoms with Crippen molar-refractivity contribution in [3.8, 4) is 5.75 Å². The van der Waals surface area contributed by atoms with E-state index >= 15 is 0 Å². The van der Waals surface area contributed by atoms with Gasteiger partial charge >= 0.3 is 5.97 Å². The molecule has 116 valence electrons. The number of nitrogens with one attached hydrogen (secondary N) is 1. The van der Waals surface area contributed by atoms with Crippen LogP contribution in [0.5, 0.6) is 5.75 Å². The van der Waals surface area contributed by atoms with Crippen molar-refractivity contribution < 1.29 is 14.3 Å². The highest BCUT2D eigenvalue weighted by Crippen LogP contribution is 2.31. The molecule has 4 nitrogen and oxygen atoms in total. The molecule has 0 unspecified atom stereocenters. The molecule has 1 aromatic rings. The van der Waals surface area contributed by atoms with Gasteiger partial charge in [-0.3, -0.25) is 0 Å². The summed E-state index contributed by atoms with van der Waals surface area (Å²) in [6.07, 6.45) is 2.05. The van der Waals surface area contributed by atoms with Crippen LogP contribution in [0.2, 0.25) is 0 Å². The maximum Gasteiger partial charge on any atom is 0.342 e. The second-order valence-electron chi connectivity index (χ2n) is 5.86. The molecule has 1 saturated heterocycles. The highest BCUT2D eigenvalue weighted by Gasteiger charge is 2.35. The van der Waals surface area contributed by atoms with E-state index in [1.807, 2.05) is 19.9 Å². The highest BCUT2D eigenvalue weighted by atomic mass is 79.9. The zero-order valence-corrected chi connectivity index (χ0v) is 14.3. The summed E-state index contributed by atoms with van der Waals surface area (Å²) in [5.74, 6) is 0.571. The molecule has 0 spiro atoms. The highest BCUT2D eigenvalue weighted by molar-refractivity contribution is 9.10. The van der Waals surface area contributed by atoms with Crippen molar-refractivity contribution in [1.82, 2.24) is 5.32 Å². The van der Waals surface area contributed by atoms with Gasteiger partial charge in [-0.05, 0) is 58.0 Å². The van der Waals surface area contributed by atoms with E-state index < -0.39 is 5.60 Å². The van der Waals surface area contributed by atoms with Crippen LogP contribution in [0.3, 0.4) is 0 Å². The first-order valence-electron chi connectivity index (χ1n) is 7.21. The van der Waals surface area contributed by atoms with Crippen molar-refractivity contribution in [3.05, 3.63) is 28.2 Å². The summed E-state index contributed by atoms with van der Waals surface area (Å²) < 4.78 is 11.9. The third-order valence-electron chi connectivity index (χ3n) is 4.06. The molecule has 0 aliphatic carbocycles. The second kappa shape index (κ2) is 6.79. The summed E-state index contributed by atoms with van der Waals surface area (Å²) in [5, 5.41) is 3.33. The SMILES string of the molecule is COc1ccc(Br)cc1C(=O)OC(C)(C)C1CCNCC1. The van der Waals surface area contributed by atoms with E-state index in [1.165, 1.54) is 0 Å². The molecular weight excluding hydrogens is 334 g/mol. The summed E-state index contributed by atoms with van der Waals surface area (Å²) in [4.78, 5) is 12.5. The number of carbonyl (C=O) groups excluding carboxylic acids is 1. The Bertz CT molecular complexity index is 510. The Labute approximate surface area is 134 Å². The summed E-state index contributed by atoms with van der Waals surface area (Å²) in [7, 11) is 1.55. The minimum atomic E-state index is -0.480. The number of piperidine rings is 1. The van der Waals surface area contributed by atoms with Gasteiger partial charge in [-0.15, -0.1) is 0 Å². The lowest BCUT2D eigenvalue weighted by atomic mass is 9.83. The van der Waals surface area contributed by atoms with Gasteiger partial charge in [0, 0.05) is 10.4 Å². The summed E-state index contributed by atoms with van der Waals surface area (Å²) >= 11 is 3.38. The molecule has 1 heterocycles. The Balaban J connectivity index is 2.14. The number of esters is 1.